The molecule has 144 valence electrons. The van der Waals surface area contributed by atoms with Crippen molar-refractivity contribution in [2.75, 3.05) is 13.1 Å². The van der Waals surface area contributed by atoms with Crippen molar-refractivity contribution in [2.45, 2.75) is 65.9 Å². The topological polar surface area (TPSA) is 80.8 Å². The number of nitrogens with one attached hydrogen (secondary N) is 1. The zero-order chi connectivity index (χ0) is 19.5. The van der Waals surface area contributed by atoms with Crippen LogP contribution in [0.25, 0.3) is 0 Å². The first-order valence-electron chi connectivity index (χ1n) is 8.92. The number of aromatic nitrogens is 1. The first-order chi connectivity index (χ1) is 12.1. The molecule has 1 aromatic heterocycles. The molecule has 2 rings (SSSR count). The average molecular weight is 363 g/mol. The Morgan fingerprint density at radius 2 is 1.77 bits per heavy atom. The summed E-state index contributed by atoms with van der Waals surface area (Å²) in [5.74, 6) is -0.217. The molecule has 0 radical (unpaired) electrons. The molecule has 2 heterocycles. The van der Waals surface area contributed by atoms with Crippen LogP contribution < -0.4 is 5.32 Å². The third-order valence-electron chi connectivity index (χ3n) is 4.15. The lowest BCUT2D eigenvalue weighted by Crippen LogP contribution is -2.55. The van der Waals surface area contributed by atoms with E-state index in [4.69, 9.17) is 9.47 Å². The molecule has 2 unspecified atom stereocenters. The average Bonchev–Trinajstić information content (AvgIpc) is 2.50. The van der Waals surface area contributed by atoms with E-state index in [0.29, 0.717) is 19.6 Å². The SMILES string of the molecule is Cc1cc(CNC(=O)OC(C)(C)C(=O)N2CC(C)OC(C)C2)cc(C)n1. The molecule has 0 spiro atoms. The normalized spacial score (nSPS) is 20.6. The summed E-state index contributed by atoms with van der Waals surface area (Å²) in [5.41, 5.74) is 1.47. The number of morpholine rings is 1. The summed E-state index contributed by atoms with van der Waals surface area (Å²) in [5, 5.41) is 2.70. The van der Waals surface area contributed by atoms with Crippen molar-refractivity contribution in [2.24, 2.45) is 0 Å². The van der Waals surface area contributed by atoms with Gasteiger partial charge in [0.1, 0.15) is 0 Å². The highest BCUT2D eigenvalue weighted by Gasteiger charge is 2.38. The second-order valence-corrected chi connectivity index (χ2v) is 7.48. The highest BCUT2D eigenvalue weighted by Crippen LogP contribution is 2.19. The van der Waals surface area contributed by atoms with Gasteiger partial charge in [0, 0.05) is 31.0 Å². The molecule has 1 aliphatic rings. The van der Waals surface area contributed by atoms with E-state index in [9.17, 15) is 9.59 Å². The number of amides is 2. The number of carbonyl (C=O) groups is 2. The molecule has 0 aromatic carbocycles. The standard InChI is InChI=1S/C19H29N3O4/c1-12-7-16(8-13(2)21-12)9-20-18(24)26-19(5,6)17(23)22-10-14(3)25-15(4)11-22/h7-8,14-15H,9-11H2,1-6H3,(H,20,24). The Morgan fingerprint density at radius 1 is 1.23 bits per heavy atom. The van der Waals surface area contributed by atoms with Gasteiger partial charge in [-0.05, 0) is 59.2 Å². The van der Waals surface area contributed by atoms with Gasteiger partial charge in [0.15, 0.2) is 5.60 Å². The molecular weight excluding hydrogens is 334 g/mol. The summed E-state index contributed by atoms with van der Waals surface area (Å²) >= 11 is 0. The van der Waals surface area contributed by atoms with Gasteiger partial charge in [0.25, 0.3) is 5.91 Å². The third-order valence-corrected chi connectivity index (χ3v) is 4.15. The van der Waals surface area contributed by atoms with Crippen molar-refractivity contribution in [3.8, 4) is 0 Å². The molecule has 7 heteroatoms. The molecular formula is C19H29N3O4. The van der Waals surface area contributed by atoms with Gasteiger partial charge in [-0.1, -0.05) is 0 Å². The summed E-state index contributed by atoms with van der Waals surface area (Å²) in [6.45, 7) is 12.2. The number of rotatable bonds is 4. The van der Waals surface area contributed by atoms with Crippen LogP contribution in [-0.4, -0.2) is 52.8 Å². The van der Waals surface area contributed by atoms with E-state index < -0.39 is 11.7 Å². The summed E-state index contributed by atoms with van der Waals surface area (Å²) < 4.78 is 11.1. The van der Waals surface area contributed by atoms with Gasteiger partial charge < -0.3 is 19.7 Å². The molecule has 2 atom stereocenters. The van der Waals surface area contributed by atoms with Crippen molar-refractivity contribution in [3.63, 3.8) is 0 Å². The van der Waals surface area contributed by atoms with E-state index in [1.165, 1.54) is 0 Å². The van der Waals surface area contributed by atoms with Crippen LogP contribution in [0.3, 0.4) is 0 Å². The fraction of sp³-hybridized carbons (Fsp3) is 0.632. The Morgan fingerprint density at radius 3 is 2.31 bits per heavy atom. The zero-order valence-electron chi connectivity index (χ0n) is 16.5. The van der Waals surface area contributed by atoms with E-state index in [-0.39, 0.29) is 18.1 Å². The van der Waals surface area contributed by atoms with E-state index in [0.717, 1.165) is 17.0 Å². The molecule has 1 N–H and O–H groups in total. The number of ether oxygens (including phenoxy) is 2. The van der Waals surface area contributed by atoms with Gasteiger partial charge in [-0.2, -0.15) is 0 Å². The number of carbonyl (C=O) groups excluding carboxylic acids is 2. The molecule has 7 nitrogen and oxygen atoms in total. The molecule has 2 amide bonds. The summed E-state index contributed by atoms with van der Waals surface area (Å²) in [7, 11) is 0. The predicted octanol–water partition coefficient (Wildman–Crippen LogP) is 2.34. The maximum absolute atomic E-state index is 12.8. The van der Waals surface area contributed by atoms with Crippen LogP contribution in [0.4, 0.5) is 4.79 Å². The minimum atomic E-state index is -1.25. The van der Waals surface area contributed by atoms with Crippen molar-refractivity contribution in [3.05, 3.63) is 29.1 Å². The molecule has 1 saturated heterocycles. The quantitative estimate of drug-likeness (QED) is 0.888. The molecule has 0 saturated carbocycles. The first kappa shape index (κ1) is 20.2. The number of hydrogen-bond acceptors (Lipinski definition) is 5. The van der Waals surface area contributed by atoms with E-state index in [1.807, 2.05) is 39.8 Å². The van der Waals surface area contributed by atoms with Gasteiger partial charge in [0.05, 0.1) is 12.2 Å². The first-order valence-corrected chi connectivity index (χ1v) is 8.92. The van der Waals surface area contributed by atoms with Crippen LogP contribution >= 0.6 is 0 Å². The Balaban J connectivity index is 1.92. The maximum atomic E-state index is 12.8. The molecule has 1 aromatic rings. The van der Waals surface area contributed by atoms with E-state index in [1.54, 1.807) is 18.7 Å². The third kappa shape index (κ3) is 5.42. The minimum Gasteiger partial charge on any atom is -0.433 e. The lowest BCUT2D eigenvalue weighted by molar-refractivity contribution is -0.159. The van der Waals surface area contributed by atoms with E-state index >= 15 is 0 Å². The van der Waals surface area contributed by atoms with Gasteiger partial charge in [0.2, 0.25) is 0 Å². The van der Waals surface area contributed by atoms with Crippen molar-refractivity contribution in [1.29, 1.82) is 0 Å². The van der Waals surface area contributed by atoms with Gasteiger partial charge in [-0.3, -0.25) is 9.78 Å². The fourth-order valence-corrected chi connectivity index (χ4v) is 3.23. The van der Waals surface area contributed by atoms with Gasteiger partial charge >= 0.3 is 6.09 Å². The lowest BCUT2D eigenvalue weighted by atomic mass is 10.1. The number of aryl methyl sites for hydroxylation is 2. The summed E-state index contributed by atoms with van der Waals surface area (Å²) in [6.07, 6.45) is -0.694. The van der Waals surface area contributed by atoms with Crippen LogP contribution in [0.1, 0.15) is 44.6 Å². The Bertz CT molecular complexity index is 644. The molecule has 0 bridgehead atoms. The van der Waals surface area contributed by atoms with Crippen molar-refractivity contribution >= 4 is 12.0 Å². The number of nitrogens with zero attached hydrogens (tertiary/aromatic N) is 2. The molecule has 0 aliphatic carbocycles. The summed E-state index contributed by atoms with van der Waals surface area (Å²) in [6, 6.07) is 3.81. The largest absolute Gasteiger partial charge is 0.433 e. The number of alkyl carbamates (subject to hydrolysis) is 1. The Labute approximate surface area is 155 Å². The lowest BCUT2D eigenvalue weighted by Gasteiger charge is -2.38. The van der Waals surface area contributed by atoms with Crippen LogP contribution in [0, 0.1) is 13.8 Å². The molecule has 1 aliphatic heterocycles. The molecule has 1 fully saturated rings. The predicted molar refractivity (Wildman–Crippen MR) is 97.7 cm³/mol. The fourth-order valence-electron chi connectivity index (χ4n) is 3.23. The second-order valence-electron chi connectivity index (χ2n) is 7.48. The van der Waals surface area contributed by atoms with Crippen molar-refractivity contribution < 1.29 is 19.1 Å². The van der Waals surface area contributed by atoms with Gasteiger partial charge in [-0.15, -0.1) is 0 Å². The zero-order valence-corrected chi connectivity index (χ0v) is 16.5. The van der Waals surface area contributed by atoms with Crippen LogP contribution in [0.5, 0.6) is 0 Å². The van der Waals surface area contributed by atoms with E-state index in [2.05, 4.69) is 10.3 Å². The minimum absolute atomic E-state index is 0.0366. The van der Waals surface area contributed by atoms with Crippen molar-refractivity contribution in [1.82, 2.24) is 15.2 Å². The smallest absolute Gasteiger partial charge is 0.408 e. The highest BCUT2D eigenvalue weighted by molar-refractivity contribution is 5.87. The highest BCUT2D eigenvalue weighted by atomic mass is 16.6. The Hall–Kier alpha value is -2.15. The van der Waals surface area contributed by atoms with Crippen LogP contribution in [0.15, 0.2) is 12.1 Å². The maximum Gasteiger partial charge on any atom is 0.408 e. The second kappa shape index (κ2) is 8.03. The Kier molecular flexibility index (Phi) is 6.23. The monoisotopic (exact) mass is 363 g/mol. The number of pyridine rings is 1. The summed E-state index contributed by atoms with van der Waals surface area (Å²) in [4.78, 5) is 30.9. The van der Waals surface area contributed by atoms with Crippen LogP contribution in [-0.2, 0) is 20.8 Å². The molecule has 26 heavy (non-hydrogen) atoms. The van der Waals surface area contributed by atoms with Gasteiger partial charge in [-0.25, -0.2) is 4.79 Å². The number of hydrogen-bond donors (Lipinski definition) is 1. The van der Waals surface area contributed by atoms with Crippen LogP contribution in [0.2, 0.25) is 0 Å².